The number of likely N-dealkylation sites (tertiary alicyclic amines) is 1. The molecule has 2 heterocycles. The number of hydrogen-bond donors (Lipinski definition) is 0. The van der Waals surface area contributed by atoms with E-state index in [4.69, 9.17) is 4.74 Å². The van der Waals surface area contributed by atoms with Gasteiger partial charge in [0.15, 0.2) is 0 Å². The molecule has 6 nitrogen and oxygen atoms in total. The summed E-state index contributed by atoms with van der Waals surface area (Å²) in [6, 6.07) is 6.92. The summed E-state index contributed by atoms with van der Waals surface area (Å²) in [6.45, 7) is 2.58. The largest absolute Gasteiger partial charge is 0.469 e. The minimum absolute atomic E-state index is 0.0319. The van der Waals surface area contributed by atoms with E-state index < -0.39 is 0 Å². The highest BCUT2D eigenvalue weighted by Gasteiger charge is 2.35. The Balaban J connectivity index is 1.54. The van der Waals surface area contributed by atoms with Gasteiger partial charge in [0.2, 0.25) is 0 Å². The molecule has 2 amide bonds. The van der Waals surface area contributed by atoms with E-state index in [0.717, 1.165) is 25.9 Å². The molecule has 23 heavy (non-hydrogen) atoms. The third-order valence-electron chi connectivity index (χ3n) is 4.64. The molecule has 0 radical (unpaired) electrons. The van der Waals surface area contributed by atoms with Gasteiger partial charge in [-0.1, -0.05) is 12.1 Å². The molecule has 0 unspecified atom stereocenters. The zero-order valence-electron chi connectivity index (χ0n) is 13.2. The summed E-state index contributed by atoms with van der Waals surface area (Å²) in [4.78, 5) is 39.6. The average Bonchev–Trinajstić information content (AvgIpc) is 2.84. The molecule has 1 aromatic carbocycles. The summed E-state index contributed by atoms with van der Waals surface area (Å²) in [5.41, 5.74) is 0.976. The van der Waals surface area contributed by atoms with Crippen molar-refractivity contribution in [1.82, 2.24) is 9.80 Å². The van der Waals surface area contributed by atoms with Gasteiger partial charge in [0, 0.05) is 13.1 Å². The van der Waals surface area contributed by atoms with E-state index in [0.29, 0.717) is 24.2 Å². The lowest BCUT2D eigenvalue weighted by Gasteiger charge is -2.31. The lowest BCUT2D eigenvalue weighted by atomic mass is 9.97. The van der Waals surface area contributed by atoms with Crippen molar-refractivity contribution in [3.05, 3.63) is 35.4 Å². The Bertz CT molecular complexity index is 600. The molecule has 0 atom stereocenters. The standard InChI is InChI=1S/C17H20N2O4/c1-23-17(22)12-6-8-18(9-7-12)10-11-19-15(20)13-4-2-3-5-14(13)16(19)21/h2-5,12H,6-11H2,1H3. The Morgan fingerprint density at radius 1 is 1.09 bits per heavy atom. The first-order valence-electron chi connectivity index (χ1n) is 7.87. The second kappa shape index (κ2) is 6.50. The first kappa shape index (κ1) is 15.7. The van der Waals surface area contributed by atoms with Crippen LogP contribution < -0.4 is 0 Å². The summed E-state index contributed by atoms with van der Waals surface area (Å²) in [5.74, 6) is -0.606. The molecule has 0 aliphatic carbocycles. The van der Waals surface area contributed by atoms with Crippen LogP contribution in [0.2, 0.25) is 0 Å². The third kappa shape index (κ3) is 2.99. The van der Waals surface area contributed by atoms with Crippen molar-refractivity contribution in [1.29, 1.82) is 0 Å². The van der Waals surface area contributed by atoms with E-state index in [1.807, 2.05) is 0 Å². The van der Waals surface area contributed by atoms with Crippen LogP contribution in [0, 0.1) is 5.92 Å². The molecular formula is C17H20N2O4. The fraction of sp³-hybridized carbons (Fsp3) is 0.471. The number of fused-ring (bicyclic) bond motifs is 1. The molecule has 1 saturated heterocycles. The zero-order chi connectivity index (χ0) is 16.4. The Hall–Kier alpha value is -2.21. The van der Waals surface area contributed by atoms with Gasteiger partial charge >= 0.3 is 5.97 Å². The lowest BCUT2D eigenvalue weighted by molar-refractivity contribution is -0.147. The number of amides is 2. The molecule has 2 aliphatic heterocycles. The molecule has 0 bridgehead atoms. The SMILES string of the molecule is COC(=O)C1CCN(CCN2C(=O)c3ccccc3C2=O)CC1. The second-order valence-corrected chi connectivity index (χ2v) is 5.95. The highest BCUT2D eigenvalue weighted by Crippen LogP contribution is 2.23. The van der Waals surface area contributed by atoms with Crippen LogP contribution >= 0.6 is 0 Å². The number of benzene rings is 1. The summed E-state index contributed by atoms with van der Waals surface area (Å²) >= 11 is 0. The smallest absolute Gasteiger partial charge is 0.308 e. The molecule has 1 fully saturated rings. The molecule has 3 rings (SSSR count). The van der Waals surface area contributed by atoms with Gasteiger partial charge in [-0.2, -0.15) is 0 Å². The van der Waals surface area contributed by atoms with E-state index in [9.17, 15) is 14.4 Å². The van der Waals surface area contributed by atoms with Crippen molar-refractivity contribution >= 4 is 17.8 Å². The van der Waals surface area contributed by atoms with Gasteiger partial charge < -0.3 is 9.64 Å². The molecule has 2 aliphatic rings. The van der Waals surface area contributed by atoms with Crippen LogP contribution in [-0.2, 0) is 9.53 Å². The zero-order valence-corrected chi connectivity index (χ0v) is 13.2. The highest BCUT2D eigenvalue weighted by molar-refractivity contribution is 6.21. The van der Waals surface area contributed by atoms with Crippen LogP contribution in [0.4, 0.5) is 0 Å². The summed E-state index contributed by atoms with van der Waals surface area (Å²) in [7, 11) is 1.41. The minimum Gasteiger partial charge on any atom is -0.469 e. The van der Waals surface area contributed by atoms with Crippen molar-refractivity contribution in [2.45, 2.75) is 12.8 Å². The van der Waals surface area contributed by atoms with E-state index in [-0.39, 0.29) is 23.7 Å². The first-order chi connectivity index (χ1) is 11.1. The molecule has 1 aromatic rings. The molecule has 0 aromatic heterocycles. The number of carbonyl (C=O) groups is 3. The van der Waals surface area contributed by atoms with Gasteiger partial charge in [0.25, 0.3) is 11.8 Å². The van der Waals surface area contributed by atoms with Gasteiger partial charge in [0.05, 0.1) is 24.2 Å². The number of rotatable bonds is 4. The molecule has 0 spiro atoms. The van der Waals surface area contributed by atoms with Crippen molar-refractivity contribution in [2.75, 3.05) is 33.3 Å². The Kier molecular flexibility index (Phi) is 4.43. The molecule has 122 valence electrons. The van der Waals surface area contributed by atoms with Crippen molar-refractivity contribution in [3.8, 4) is 0 Å². The van der Waals surface area contributed by atoms with Crippen LogP contribution in [0.5, 0.6) is 0 Å². The fourth-order valence-electron chi connectivity index (χ4n) is 3.24. The summed E-state index contributed by atoms with van der Waals surface area (Å²) < 4.78 is 4.78. The Labute approximate surface area is 135 Å². The van der Waals surface area contributed by atoms with Crippen LogP contribution in [-0.4, -0.2) is 60.9 Å². The van der Waals surface area contributed by atoms with Crippen LogP contribution in [0.1, 0.15) is 33.6 Å². The minimum atomic E-state index is -0.213. The van der Waals surface area contributed by atoms with E-state index in [2.05, 4.69) is 4.90 Å². The van der Waals surface area contributed by atoms with Gasteiger partial charge in [-0.3, -0.25) is 19.3 Å². The summed E-state index contributed by atoms with van der Waals surface area (Å²) in [6.07, 6.45) is 1.52. The molecular weight excluding hydrogens is 296 g/mol. The lowest BCUT2D eigenvalue weighted by Crippen LogP contribution is -2.42. The predicted octanol–water partition coefficient (Wildman–Crippen LogP) is 1.17. The van der Waals surface area contributed by atoms with Crippen molar-refractivity contribution < 1.29 is 19.1 Å². The van der Waals surface area contributed by atoms with E-state index in [1.165, 1.54) is 12.0 Å². The Morgan fingerprint density at radius 3 is 2.17 bits per heavy atom. The van der Waals surface area contributed by atoms with Crippen LogP contribution in [0.15, 0.2) is 24.3 Å². The molecule has 0 N–H and O–H groups in total. The Morgan fingerprint density at radius 2 is 1.65 bits per heavy atom. The van der Waals surface area contributed by atoms with Gasteiger partial charge in [-0.15, -0.1) is 0 Å². The monoisotopic (exact) mass is 316 g/mol. The van der Waals surface area contributed by atoms with Gasteiger partial charge in [0.1, 0.15) is 0 Å². The number of esters is 1. The topological polar surface area (TPSA) is 66.9 Å². The van der Waals surface area contributed by atoms with Crippen LogP contribution in [0.25, 0.3) is 0 Å². The number of hydrogen-bond acceptors (Lipinski definition) is 5. The third-order valence-corrected chi connectivity index (χ3v) is 4.64. The van der Waals surface area contributed by atoms with Crippen molar-refractivity contribution in [2.24, 2.45) is 5.92 Å². The molecule has 6 heteroatoms. The second-order valence-electron chi connectivity index (χ2n) is 5.95. The van der Waals surface area contributed by atoms with Crippen molar-refractivity contribution in [3.63, 3.8) is 0 Å². The van der Waals surface area contributed by atoms with E-state index in [1.54, 1.807) is 24.3 Å². The maximum absolute atomic E-state index is 12.3. The van der Waals surface area contributed by atoms with Gasteiger partial charge in [-0.05, 0) is 38.1 Å². The number of nitrogens with zero attached hydrogens (tertiary/aromatic N) is 2. The number of ether oxygens (including phenoxy) is 1. The number of piperidine rings is 1. The number of carbonyl (C=O) groups excluding carboxylic acids is 3. The maximum atomic E-state index is 12.3. The van der Waals surface area contributed by atoms with E-state index >= 15 is 0 Å². The number of methoxy groups -OCH3 is 1. The predicted molar refractivity (Wildman–Crippen MR) is 83.0 cm³/mol. The number of imide groups is 1. The van der Waals surface area contributed by atoms with Gasteiger partial charge in [-0.25, -0.2) is 0 Å². The molecule has 0 saturated carbocycles. The normalized spacial score (nSPS) is 19.1. The average molecular weight is 316 g/mol. The quantitative estimate of drug-likeness (QED) is 0.616. The summed E-state index contributed by atoms with van der Waals surface area (Å²) in [5, 5.41) is 0. The van der Waals surface area contributed by atoms with Crippen LogP contribution in [0.3, 0.4) is 0 Å². The fourth-order valence-corrected chi connectivity index (χ4v) is 3.24. The maximum Gasteiger partial charge on any atom is 0.308 e. The first-order valence-corrected chi connectivity index (χ1v) is 7.87. The highest BCUT2D eigenvalue weighted by atomic mass is 16.5.